The van der Waals surface area contributed by atoms with Gasteiger partial charge in [-0.15, -0.1) is 31.2 Å². The van der Waals surface area contributed by atoms with Gasteiger partial charge in [-0.05, 0) is 23.1 Å². The first-order chi connectivity index (χ1) is 8.91. The maximum atomic E-state index is 9.18. The average molecular weight is 394 g/mol. The third-order valence-corrected chi connectivity index (χ3v) is 2.30. The van der Waals surface area contributed by atoms with Crippen LogP contribution in [0.1, 0.15) is 32.8 Å². The number of rotatable bonds is 0. The van der Waals surface area contributed by atoms with Gasteiger partial charge in [-0.2, -0.15) is 6.08 Å². The average Bonchev–Trinajstić information content (AvgIpc) is 2.87. The molecule has 0 bridgehead atoms. The molecule has 0 amide bonds. The van der Waals surface area contributed by atoms with Gasteiger partial charge >= 0.3 is 0 Å². The Morgan fingerprint density at radius 3 is 1.91 bits per heavy atom. The Bertz CT molecular complexity index is 405. The van der Waals surface area contributed by atoms with Crippen LogP contribution in [0.3, 0.4) is 0 Å². The van der Waals surface area contributed by atoms with Gasteiger partial charge < -0.3 is 5.11 Å². The molecule has 0 spiro atoms. The fraction of sp³-hybridized carbons (Fsp3) is 0.412. The minimum atomic E-state index is 0. The number of aromatic hydroxyl groups is 1. The molecule has 0 heterocycles. The summed E-state index contributed by atoms with van der Waals surface area (Å²) in [6.45, 7) is 10.7. The van der Waals surface area contributed by atoms with Gasteiger partial charge in [0.05, 0.1) is 0 Å². The van der Waals surface area contributed by atoms with Gasteiger partial charge in [-0.1, -0.05) is 46.0 Å². The number of benzene rings is 1. The van der Waals surface area contributed by atoms with Gasteiger partial charge in [0.2, 0.25) is 0 Å². The van der Waals surface area contributed by atoms with E-state index in [-0.39, 0.29) is 51.9 Å². The fourth-order valence-corrected chi connectivity index (χ4v) is 1.31. The molecular weight excluding hydrogens is 367 g/mol. The molecular formula is C17H27Cl2OSiTi-. The summed E-state index contributed by atoms with van der Waals surface area (Å²) >= 11 is 0. The van der Waals surface area contributed by atoms with E-state index in [2.05, 4.69) is 46.0 Å². The van der Waals surface area contributed by atoms with Crippen LogP contribution in [0.2, 0.25) is 13.1 Å². The number of allylic oxidation sites excluding steroid dienone is 4. The second-order valence-electron chi connectivity index (χ2n) is 5.30. The molecule has 0 aromatic heterocycles. The minimum Gasteiger partial charge on any atom is -0.508 e. The normalized spacial score (nSPS) is 10.6. The molecule has 0 fully saturated rings. The topological polar surface area (TPSA) is 20.2 Å². The molecule has 5 heteroatoms. The van der Waals surface area contributed by atoms with Crippen LogP contribution in [0, 0.1) is 6.08 Å². The molecule has 1 aliphatic carbocycles. The molecule has 2 rings (SSSR count). The number of hydrogen-bond acceptors (Lipinski definition) is 1. The summed E-state index contributed by atoms with van der Waals surface area (Å²) in [4.78, 5) is 0. The second-order valence-corrected chi connectivity index (χ2v) is 6.30. The number of phenolic OH excluding ortho intramolecular Hbond substituents is 1. The summed E-state index contributed by atoms with van der Waals surface area (Å²) in [5, 5.41) is 9.18. The molecule has 0 atom stereocenters. The van der Waals surface area contributed by atoms with E-state index in [1.54, 1.807) is 12.1 Å². The standard InChI is InChI=1S/C10H14O.C5H5.C2H6Si.2ClH.Ti/c1-10(2,3)8-5-4-6-9(11)7-8;1-2-4-5-3-1;1-3-2;;;/h4-7,11H,1-3H3;1-3H,4H2;1-2H3;2*1H;/q;-1;;;;. The number of phenols is 1. The summed E-state index contributed by atoms with van der Waals surface area (Å²) in [7, 11) is 1.08. The van der Waals surface area contributed by atoms with Crippen molar-refractivity contribution >= 4 is 34.3 Å². The fourth-order valence-electron chi connectivity index (χ4n) is 1.31. The van der Waals surface area contributed by atoms with Gasteiger partial charge in [-0.3, -0.25) is 6.08 Å². The molecule has 1 nitrogen and oxygen atoms in total. The zero-order chi connectivity index (χ0) is 14.7. The Hall–Kier alpha value is 0.0112. The second kappa shape index (κ2) is 17.4. The van der Waals surface area contributed by atoms with Gasteiger partial charge in [0, 0.05) is 31.2 Å². The Balaban J connectivity index is -0.000000126. The molecule has 1 aliphatic rings. The van der Waals surface area contributed by atoms with E-state index in [9.17, 15) is 5.11 Å². The van der Waals surface area contributed by atoms with E-state index < -0.39 is 0 Å². The molecule has 0 unspecified atom stereocenters. The van der Waals surface area contributed by atoms with Crippen LogP contribution in [0.25, 0.3) is 0 Å². The predicted molar refractivity (Wildman–Crippen MR) is 100 cm³/mol. The van der Waals surface area contributed by atoms with Gasteiger partial charge in [0.25, 0.3) is 0 Å². The van der Waals surface area contributed by atoms with E-state index in [1.165, 1.54) is 0 Å². The van der Waals surface area contributed by atoms with E-state index >= 15 is 0 Å². The first-order valence-corrected chi connectivity index (χ1v) is 8.51. The molecule has 0 saturated carbocycles. The van der Waals surface area contributed by atoms with Gasteiger partial charge in [-0.25, -0.2) is 12.2 Å². The van der Waals surface area contributed by atoms with Crippen LogP contribution in [-0.4, -0.2) is 14.6 Å². The van der Waals surface area contributed by atoms with E-state index in [4.69, 9.17) is 0 Å². The molecule has 0 aliphatic heterocycles. The van der Waals surface area contributed by atoms with E-state index in [1.807, 2.05) is 24.3 Å². The summed E-state index contributed by atoms with van der Waals surface area (Å²) in [6.07, 6.45) is 10.0. The summed E-state index contributed by atoms with van der Waals surface area (Å²) in [5.74, 6) is 0.345. The minimum absolute atomic E-state index is 0. The van der Waals surface area contributed by atoms with Crippen molar-refractivity contribution < 1.29 is 26.8 Å². The predicted octanol–water partition coefficient (Wildman–Crippen LogP) is 5.62. The van der Waals surface area contributed by atoms with Crippen molar-refractivity contribution in [2.45, 2.75) is 45.7 Å². The molecule has 1 aromatic carbocycles. The van der Waals surface area contributed by atoms with Crippen LogP contribution in [0.4, 0.5) is 0 Å². The smallest absolute Gasteiger partial charge is 0.115 e. The molecule has 124 valence electrons. The third-order valence-electron chi connectivity index (χ3n) is 2.30. The maximum Gasteiger partial charge on any atom is 0.115 e. The van der Waals surface area contributed by atoms with Crippen LogP contribution in [-0.2, 0) is 27.1 Å². The summed E-state index contributed by atoms with van der Waals surface area (Å²) in [6, 6.07) is 7.39. The third kappa shape index (κ3) is 16.4. The van der Waals surface area contributed by atoms with E-state index in [0.717, 1.165) is 21.5 Å². The molecule has 2 radical (unpaired) electrons. The quantitative estimate of drug-likeness (QED) is 0.447. The van der Waals surface area contributed by atoms with Crippen LogP contribution >= 0.6 is 24.8 Å². The Labute approximate surface area is 166 Å². The van der Waals surface area contributed by atoms with Crippen molar-refractivity contribution in [1.82, 2.24) is 0 Å². The molecule has 0 saturated heterocycles. The molecule has 1 aromatic rings. The molecule has 22 heavy (non-hydrogen) atoms. The summed E-state index contributed by atoms with van der Waals surface area (Å²) < 4.78 is 0. The monoisotopic (exact) mass is 393 g/mol. The van der Waals surface area contributed by atoms with Crippen LogP contribution in [0.15, 0.2) is 42.5 Å². The van der Waals surface area contributed by atoms with E-state index in [0.29, 0.717) is 5.75 Å². The molecule has 1 N–H and O–H groups in total. The van der Waals surface area contributed by atoms with Crippen molar-refractivity contribution in [1.29, 1.82) is 0 Å². The van der Waals surface area contributed by atoms with Gasteiger partial charge in [0.1, 0.15) is 5.75 Å². The zero-order valence-corrected chi connectivity index (χ0v) is 18.2. The summed E-state index contributed by atoms with van der Waals surface area (Å²) in [5.41, 5.74) is 1.29. The Kier molecular flexibility index (Phi) is 23.6. The van der Waals surface area contributed by atoms with Crippen molar-refractivity contribution in [3.05, 3.63) is 54.1 Å². The first-order valence-electron chi connectivity index (χ1n) is 6.51. The Morgan fingerprint density at radius 2 is 1.68 bits per heavy atom. The Morgan fingerprint density at radius 1 is 1.14 bits per heavy atom. The zero-order valence-electron chi connectivity index (χ0n) is 14.0. The van der Waals surface area contributed by atoms with Crippen molar-refractivity contribution in [2.24, 2.45) is 0 Å². The SMILES string of the molecule is CC(C)(C)c1cccc(O)c1.C[Si]C.Cl.Cl.[C-]1=CC=CC1.[Ti]. The maximum absolute atomic E-state index is 9.18. The van der Waals surface area contributed by atoms with Crippen molar-refractivity contribution in [2.75, 3.05) is 0 Å². The van der Waals surface area contributed by atoms with Crippen LogP contribution in [0.5, 0.6) is 5.75 Å². The van der Waals surface area contributed by atoms with Crippen molar-refractivity contribution in [3.63, 3.8) is 0 Å². The van der Waals surface area contributed by atoms with Crippen molar-refractivity contribution in [3.8, 4) is 5.75 Å². The van der Waals surface area contributed by atoms with Crippen LogP contribution < -0.4 is 0 Å². The number of halogens is 2. The largest absolute Gasteiger partial charge is 0.508 e. The van der Waals surface area contributed by atoms with Gasteiger partial charge in [0.15, 0.2) is 0 Å². The first kappa shape index (κ1) is 30.0. The number of hydrogen-bond donors (Lipinski definition) is 1.